The number of pyridine rings is 1. The van der Waals surface area contributed by atoms with E-state index in [4.69, 9.17) is 0 Å². The zero-order chi connectivity index (χ0) is 10.6. The van der Waals surface area contributed by atoms with Crippen molar-refractivity contribution >= 4 is 12.6 Å². The fraction of sp³-hybridized carbons (Fsp3) is 0.444. The second-order valence-corrected chi connectivity index (χ2v) is 3.36. The van der Waals surface area contributed by atoms with Crippen molar-refractivity contribution < 1.29 is 14.6 Å². The molecule has 1 aromatic rings. The molecule has 1 aromatic heterocycles. The summed E-state index contributed by atoms with van der Waals surface area (Å²) in [6.07, 6.45) is -1.78. The Morgan fingerprint density at radius 3 is 2.71 bits per heavy atom. The number of aliphatic hydroxyl groups is 2. The molecule has 0 bridgehead atoms. The fourth-order valence-electron chi connectivity index (χ4n) is 1.08. The van der Waals surface area contributed by atoms with Crippen molar-refractivity contribution in [2.24, 2.45) is 0 Å². The minimum Gasteiger partial charge on any atom is -0.390 e. The smallest absolute Gasteiger partial charge is 0.213 e. The SMILES string of the molecule is OC(CCS)C(O)c1cccc(F)n1. The molecule has 2 atom stereocenters. The van der Waals surface area contributed by atoms with E-state index in [-0.39, 0.29) is 5.69 Å². The normalized spacial score (nSPS) is 15.1. The van der Waals surface area contributed by atoms with Gasteiger partial charge in [0, 0.05) is 0 Å². The molecule has 0 aromatic carbocycles. The highest BCUT2D eigenvalue weighted by Gasteiger charge is 2.18. The van der Waals surface area contributed by atoms with Crippen molar-refractivity contribution in [2.45, 2.75) is 18.6 Å². The van der Waals surface area contributed by atoms with E-state index in [0.717, 1.165) is 0 Å². The quantitative estimate of drug-likeness (QED) is 0.519. The molecule has 0 aliphatic rings. The van der Waals surface area contributed by atoms with Crippen LogP contribution in [0.1, 0.15) is 18.2 Å². The lowest BCUT2D eigenvalue weighted by Crippen LogP contribution is -2.19. The van der Waals surface area contributed by atoms with Crippen LogP contribution in [0.3, 0.4) is 0 Å². The second-order valence-electron chi connectivity index (χ2n) is 2.91. The lowest BCUT2D eigenvalue weighted by atomic mass is 10.1. The lowest BCUT2D eigenvalue weighted by Gasteiger charge is -2.15. The first kappa shape index (κ1) is 11.4. The monoisotopic (exact) mass is 217 g/mol. The largest absolute Gasteiger partial charge is 0.390 e. The van der Waals surface area contributed by atoms with E-state index in [2.05, 4.69) is 17.6 Å². The van der Waals surface area contributed by atoms with E-state index in [9.17, 15) is 14.6 Å². The van der Waals surface area contributed by atoms with Crippen LogP contribution < -0.4 is 0 Å². The van der Waals surface area contributed by atoms with Gasteiger partial charge in [0.2, 0.25) is 5.95 Å². The van der Waals surface area contributed by atoms with Crippen molar-refractivity contribution in [3.05, 3.63) is 29.8 Å². The number of rotatable bonds is 4. The Bertz CT molecular complexity index is 298. The molecule has 14 heavy (non-hydrogen) atoms. The van der Waals surface area contributed by atoms with Gasteiger partial charge < -0.3 is 10.2 Å². The number of thiol groups is 1. The van der Waals surface area contributed by atoms with Crippen LogP contribution in [-0.2, 0) is 0 Å². The third-order valence-electron chi connectivity index (χ3n) is 1.83. The molecule has 1 rings (SSSR count). The van der Waals surface area contributed by atoms with Gasteiger partial charge in [-0.25, -0.2) is 4.98 Å². The summed E-state index contributed by atoms with van der Waals surface area (Å²) in [7, 11) is 0. The molecule has 1 heterocycles. The van der Waals surface area contributed by atoms with E-state index in [1.54, 1.807) is 0 Å². The van der Waals surface area contributed by atoms with E-state index in [0.29, 0.717) is 12.2 Å². The Kier molecular flexibility index (Phi) is 4.31. The van der Waals surface area contributed by atoms with Crippen LogP contribution in [0.15, 0.2) is 18.2 Å². The molecule has 0 amide bonds. The predicted octanol–water partition coefficient (Wildman–Crippen LogP) is 0.935. The molecule has 5 heteroatoms. The van der Waals surface area contributed by atoms with Crippen LogP contribution in [0.5, 0.6) is 0 Å². The molecule has 0 spiro atoms. The average molecular weight is 217 g/mol. The Balaban J connectivity index is 2.73. The van der Waals surface area contributed by atoms with E-state index in [1.165, 1.54) is 18.2 Å². The number of halogens is 1. The maximum absolute atomic E-state index is 12.7. The summed E-state index contributed by atoms with van der Waals surface area (Å²) < 4.78 is 12.7. The van der Waals surface area contributed by atoms with Crippen molar-refractivity contribution in [1.82, 2.24) is 4.98 Å². The van der Waals surface area contributed by atoms with Crippen molar-refractivity contribution in [2.75, 3.05) is 5.75 Å². The Morgan fingerprint density at radius 2 is 2.14 bits per heavy atom. The Hall–Kier alpha value is -0.650. The van der Waals surface area contributed by atoms with Gasteiger partial charge in [-0.05, 0) is 24.3 Å². The number of aromatic nitrogens is 1. The summed E-state index contributed by atoms with van der Waals surface area (Å²) in [6.45, 7) is 0. The standard InChI is InChI=1S/C9H12FNO2S/c10-8-3-1-2-6(11-8)9(13)7(12)4-5-14/h1-3,7,9,12-14H,4-5H2. The Labute approximate surface area is 87.0 Å². The van der Waals surface area contributed by atoms with Crippen molar-refractivity contribution in [1.29, 1.82) is 0 Å². The summed E-state index contributed by atoms with van der Waals surface area (Å²) >= 11 is 3.92. The maximum Gasteiger partial charge on any atom is 0.213 e. The highest BCUT2D eigenvalue weighted by Crippen LogP contribution is 2.17. The van der Waals surface area contributed by atoms with Gasteiger partial charge in [0.15, 0.2) is 0 Å². The van der Waals surface area contributed by atoms with Crippen LogP contribution in [0.4, 0.5) is 4.39 Å². The lowest BCUT2D eigenvalue weighted by molar-refractivity contribution is 0.0143. The number of aliphatic hydroxyl groups excluding tert-OH is 2. The molecular weight excluding hydrogens is 205 g/mol. The van der Waals surface area contributed by atoms with Gasteiger partial charge >= 0.3 is 0 Å². The van der Waals surface area contributed by atoms with Gasteiger partial charge in [-0.3, -0.25) is 0 Å². The topological polar surface area (TPSA) is 53.4 Å². The minimum atomic E-state index is -1.15. The van der Waals surface area contributed by atoms with E-state index in [1.807, 2.05) is 0 Å². The molecule has 0 radical (unpaired) electrons. The third kappa shape index (κ3) is 2.94. The van der Waals surface area contributed by atoms with Gasteiger partial charge in [-0.2, -0.15) is 17.0 Å². The summed E-state index contributed by atoms with van der Waals surface area (Å²) in [5.74, 6) is -0.215. The molecule has 0 fully saturated rings. The summed E-state index contributed by atoms with van der Waals surface area (Å²) in [5, 5.41) is 18.9. The maximum atomic E-state index is 12.7. The molecule has 2 unspecified atom stereocenters. The number of hydrogen-bond donors (Lipinski definition) is 3. The summed E-state index contributed by atoms with van der Waals surface area (Å²) in [4.78, 5) is 3.47. The van der Waals surface area contributed by atoms with Crippen LogP contribution >= 0.6 is 12.6 Å². The molecule has 2 N–H and O–H groups in total. The van der Waals surface area contributed by atoms with Crippen LogP contribution in [0, 0.1) is 5.95 Å². The van der Waals surface area contributed by atoms with Gasteiger partial charge in [0.25, 0.3) is 0 Å². The molecule has 0 aliphatic carbocycles. The predicted molar refractivity (Wildman–Crippen MR) is 53.6 cm³/mol. The van der Waals surface area contributed by atoms with E-state index < -0.39 is 18.2 Å². The van der Waals surface area contributed by atoms with Gasteiger partial charge in [-0.15, -0.1) is 0 Å². The van der Waals surface area contributed by atoms with Crippen molar-refractivity contribution in [3.63, 3.8) is 0 Å². The average Bonchev–Trinajstić information content (AvgIpc) is 2.17. The highest BCUT2D eigenvalue weighted by molar-refractivity contribution is 7.80. The first-order valence-electron chi connectivity index (χ1n) is 4.24. The molecule has 0 saturated heterocycles. The zero-order valence-electron chi connectivity index (χ0n) is 7.47. The van der Waals surface area contributed by atoms with Crippen LogP contribution in [-0.4, -0.2) is 27.1 Å². The molecule has 0 saturated carbocycles. The summed E-state index contributed by atoms with van der Waals surface area (Å²) in [6, 6.07) is 4.09. The highest BCUT2D eigenvalue weighted by atomic mass is 32.1. The van der Waals surface area contributed by atoms with Gasteiger partial charge in [0.05, 0.1) is 11.8 Å². The zero-order valence-corrected chi connectivity index (χ0v) is 8.36. The molecule has 0 aliphatic heterocycles. The van der Waals surface area contributed by atoms with Gasteiger partial charge in [-0.1, -0.05) is 6.07 Å². The van der Waals surface area contributed by atoms with Crippen molar-refractivity contribution in [3.8, 4) is 0 Å². The summed E-state index contributed by atoms with van der Waals surface area (Å²) in [5.41, 5.74) is 0.138. The first-order valence-corrected chi connectivity index (χ1v) is 4.88. The fourth-order valence-corrected chi connectivity index (χ4v) is 1.34. The number of hydrogen-bond acceptors (Lipinski definition) is 4. The van der Waals surface area contributed by atoms with E-state index >= 15 is 0 Å². The Morgan fingerprint density at radius 1 is 1.43 bits per heavy atom. The molecule has 78 valence electrons. The second kappa shape index (κ2) is 5.29. The third-order valence-corrected chi connectivity index (χ3v) is 2.09. The minimum absolute atomic E-state index is 0.138. The first-order chi connectivity index (χ1) is 6.65. The number of nitrogens with zero attached hydrogens (tertiary/aromatic N) is 1. The van der Waals surface area contributed by atoms with Gasteiger partial charge in [0.1, 0.15) is 6.10 Å². The van der Waals surface area contributed by atoms with Crippen LogP contribution in [0.2, 0.25) is 0 Å². The molecular formula is C9H12FNO2S. The molecule has 3 nitrogen and oxygen atoms in total. The van der Waals surface area contributed by atoms with Crippen LogP contribution in [0.25, 0.3) is 0 Å².